The minimum absolute atomic E-state index is 0.0312. The van der Waals surface area contributed by atoms with Crippen LogP contribution in [0, 0.1) is 0 Å². The van der Waals surface area contributed by atoms with Crippen LogP contribution in [0.15, 0.2) is 24.3 Å². The molecule has 18 heavy (non-hydrogen) atoms. The van der Waals surface area contributed by atoms with Gasteiger partial charge in [0.05, 0.1) is 0 Å². The van der Waals surface area contributed by atoms with Crippen LogP contribution in [-0.2, 0) is 9.59 Å². The molecule has 0 aliphatic rings. The smallest absolute Gasteiger partial charge is 0.479 e. The van der Waals surface area contributed by atoms with Gasteiger partial charge in [0.15, 0.2) is 6.04 Å². The maximum absolute atomic E-state index is 12.0. The molecule has 1 amide bonds. The number of hydrogen-bond donors (Lipinski definition) is 2. The lowest BCUT2D eigenvalue weighted by molar-refractivity contribution is -0.274. The average molecular weight is 263 g/mol. The van der Waals surface area contributed by atoms with Crippen LogP contribution in [0.2, 0.25) is 0 Å². The summed E-state index contributed by atoms with van der Waals surface area (Å²) < 4.78 is 39.6. The molecule has 0 spiro atoms. The Balaban J connectivity index is 2.99. The fraction of sp³-hybridized carbons (Fsp3) is 0.200. The summed E-state index contributed by atoms with van der Waals surface area (Å²) in [6, 6.07) is 2.94. The van der Waals surface area contributed by atoms with Gasteiger partial charge >= 0.3 is 12.3 Å². The number of amides is 1. The van der Waals surface area contributed by atoms with Crippen molar-refractivity contribution in [2.24, 2.45) is 0 Å². The molecule has 0 radical (unpaired) electrons. The van der Waals surface area contributed by atoms with Crippen LogP contribution in [0.3, 0.4) is 0 Å². The number of aliphatic carboxylic acids is 1. The summed E-state index contributed by atoms with van der Waals surface area (Å²) in [5.41, 5.74) is -0.0312. The average Bonchev–Trinajstić information content (AvgIpc) is 2.23. The Morgan fingerprint density at radius 1 is 1.44 bits per heavy atom. The molecule has 0 fully saturated rings. The second-order valence-corrected chi connectivity index (χ2v) is 3.18. The van der Waals surface area contributed by atoms with Crippen molar-refractivity contribution >= 4 is 12.4 Å². The first-order valence-corrected chi connectivity index (χ1v) is 4.61. The molecule has 0 aliphatic heterocycles. The normalized spacial score (nSPS) is 12.6. The number of rotatable bonds is 5. The Bertz CT molecular complexity index is 447. The lowest BCUT2D eigenvalue weighted by Crippen LogP contribution is -2.27. The van der Waals surface area contributed by atoms with Crippen LogP contribution in [0.4, 0.5) is 13.2 Å². The monoisotopic (exact) mass is 263 g/mol. The lowest BCUT2D eigenvalue weighted by atomic mass is 10.1. The van der Waals surface area contributed by atoms with Crippen LogP contribution < -0.4 is 10.1 Å². The molecule has 2 N–H and O–H groups in total. The Morgan fingerprint density at radius 2 is 2.11 bits per heavy atom. The van der Waals surface area contributed by atoms with E-state index in [1.807, 2.05) is 5.32 Å². The van der Waals surface area contributed by atoms with Gasteiger partial charge in [0.1, 0.15) is 5.75 Å². The number of carboxylic acids is 1. The predicted octanol–water partition coefficient (Wildman–Crippen LogP) is 1.46. The summed E-state index contributed by atoms with van der Waals surface area (Å²) in [6.45, 7) is 0. The first kappa shape index (κ1) is 13.8. The maximum atomic E-state index is 12.0. The van der Waals surface area contributed by atoms with E-state index in [2.05, 4.69) is 4.74 Å². The van der Waals surface area contributed by atoms with E-state index in [-0.39, 0.29) is 12.0 Å². The van der Waals surface area contributed by atoms with Gasteiger partial charge in [0.25, 0.3) is 0 Å². The number of alkyl halides is 3. The van der Waals surface area contributed by atoms with E-state index in [0.717, 1.165) is 12.1 Å². The lowest BCUT2D eigenvalue weighted by Gasteiger charge is -2.14. The van der Waals surface area contributed by atoms with Gasteiger partial charge in [-0.1, -0.05) is 12.1 Å². The van der Waals surface area contributed by atoms with Gasteiger partial charge in [-0.05, 0) is 17.7 Å². The van der Waals surface area contributed by atoms with Crippen molar-refractivity contribution < 1.29 is 32.6 Å². The maximum Gasteiger partial charge on any atom is 0.573 e. The van der Waals surface area contributed by atoms with Crippen LogP contribution in [-0.4, -0.2) is 23.8 Å². The minimum Gasteiger partial charge on any atom is -0.479 e. The Hall–Kier alpha value is -2.25. The van der Waals surface area contributed by atoms with Gasteiger partial charge in [-0.25, -0.2) is 4.79 Å². The summed E-state index contributed by atoms with van der Waals surface area (Å²) in [5.74, 6) is -1.95. The molecule has 0 saturated heterocycles. The van der Waals surface area contributed by atoms with Crippen molar-refractivity contribution in [1.29, 1.82) is 0 Å². The summed E-state index contributed by atoms with van der Waals surface area (Å²) in [7, 11) is 0. The molecule has 0 saturated carbocycles. The van der Waals surface area contributed by atoms with Crippen LogP contribution >= 0.6 is 0 Å². The van der Waals surface area contributed by atoms with Gasteiger partial charge in [0.2, 0.25) is 6.41 Å². The van der Waals surface area contributed by atoms with Crippen molar-refractivity contribution in [1.82, 2.24) is 5.32 Å². The van der Waals surface area contributed by atoms with E-state index in [1.165, 1.54) is 12.1 Å². The van der Waals surface area contributed by atoms with E-state index in [4.69, 9.17) is 5.11 Å². The van der Waals surface area contributed by atoms with E-state index in [0.29, 0.717) is 0 Å². The third-order valence-corrected chi connectivity index (χ3v) is 1.91. The van der Waals surface area contributed by atoms with Gasteiger partial charge in [-0.15, -0.1) is 13.2 Å². The van der Waals surface area contributed by atoms with Crippen molar-refractivity contribution in [2.45, 2.75) is 12.4 Å². The zero-order valence-electron chi connectivity index (χ0n) is 8.77. The SMILES string of the molecule is O=CNC(C(=O)O)c1cccc(OC(F)(F)F)c1. The summed E-state index contributed by atoms with van der Waals surface area (Å²) in [4.78, 5) is 21.0. The Labute approximate surface area is 99.2 Å². The third-order valence-electron chi connectivity index (χ3n) is 1.91. The van der Waals surface area contributed by atoms with E-state index < -0.39 is 24.1 Å². The largest absolute Gasteiger partial charge is 0.573 e. The fourth-order valence-corrected chi connectivity index (χ4v) is 1.27. The van der Waals surface area contributed by atoms with E-state index >= 15 is 0 Å². The number of carboxylic acid groups (broad SMARTS) is 1. The number of nitrogens with one attached hydrogen (secondary N) is 1. The molecule has 1 aromatic carbocycles. The number of hydrogen-bond acceptors (Lipinski definition) is 3. The number of carbonyl (C=O) groups excluding carboxylic acids is 1. The van der Waals surface area contributed by atoms with Gasteiger partial charge in [-0.3, -0.25) is 4.79 Å². The molecule has 5 nitrogen and oxygen atoms in total. The molecule has 0 heterocycles. The molecule has 0 aliphatic carbocycles. The molecule has 0 aromatic heterocycles. The Kier molecular flexibility index (Phi) is 4.13. The highest BCUT2D eigenvalue weighted by atomic mass is 19.4. The second kappa shape index (κ2) is 5.39. The number of carbonyl (C=O) groups is 2. The van der Waals surface area contributed by atoms with Crippen molar-refractivity contribution in [3.8, 4) is 5.75 Å². The van der Waals surface area contributed by atoms with Crippen LogP contribution in [0.5, 0.6) is 5.75 Å². The summed E-state index contributed by atoms with van der Waals surface area (Å²) >= 11 is 0. The highest BCUT2D eigenvalue weighted by molar-refractivity contribution is 5.78. The first-order valence-electron chi connectivity index (χ1n) is 4.61. The molecule has 8 heteroatoms. The number of ether oxygens (including phenoxy) is 1. The Morgan fingerprint density at radius 3 is 2.61 bits per heavy atom. The fourth-order valence-electron chi connectivity index (χ4n) is 1.27. The molecule has 0 bridgehead atoms. The topological polar surface area (TPSA) is 75.6 Å². The molecular formula is C10H8F3NO4. The highest BCUT2D eigenvalue weighted by Gasteiger charge is 2.31. The van der Waals surface area contributed by atoms with Gasteiger partial charge < -0.3 is 15.2 Å². The number of halogens is 3. The van der Waals surface area contributed by atoms with E-state index in [1.54, 1.807) is 0 Å². The van der Waals surface area contributed by atoms with Crippen LogP contribution in [0.25, 0.3) is 0 Å². The minimum atomic E-state index is -4.87. The summed E-state index contributed by atoms with van der Waals surface area (Å²) in [6.07, 6.45) is -4.72. The molecule has 1 unspecified atom stereocenters. The zero-order chi connectivity index (χ0) is 13.8. The quantitative estimate of drug-likeness (QED) is 0.788. The molecule has 1 aromatic rings. The molecule has 1 rings (SSSR count). The van der Waals surface area contributed by atoms with Crippen molar-refractivity contribution in [3.05, 3.63) is 29.8 Å². The van der Waals surface area contributed by atoms with Crippen molar-refractivity contribution in [3.63, 3.8) is 0 Å². The van der Waals surface area contributed by atoms with Gasteiger partial charge in [0, 0.05) is 0 Å². The predicted molar refractivity (Wildman–Crippen MR) is 52.7 cm³/mol. The second-order valence-electron chi connectivity index (χ2n) is 3.18. The van der Waals surface area contributed by atoms with E-state index in [9.17, 15) is 22.8 Å². The highest BCUT2D eigenvalue weighted by Crippen LogP contribution is 2.25. The van der Waals surface area contributed by atoms with Gasteiger partial charge in [-0.2, -0.15) is 0 Å². The number of benzene rings is 1. The zero-order valence-corrected chi connectivity index (χ0v) is 8.77. The van der Waals surface area contributed by atoms with Crippen molar-refractivity contribution in [2.75, 3.05) is 0 Å². The summed E-state index contributed by atoms with van der Waals surface area (Å²) in [5, 5.41) is 10.8. The van der Waals surface area contributed by atoms with Crippen LogP contribution in [0.1, 0.15) is 11.6 Å². The molecule has 1 atom stereocenters. The molecule has 98 valence electrons. The first-order chi connectivity index (χ1) is 8.33. The molecular weight excluding hydrogens is 255 g/mol. The standard InChI is InChI=1S/C10H8F3NO4/c11-10(12,13)18-7-3-1-2-6(4-7)8(9(16)17)14-5-15/h1-5,8H,(H,14,15)(H,16,17). The third kappa shape index (κ3) is 3.96.